The summed E-state index contributed by atoms with van der Waals surface area (Å²) in [5.41, 5.74) is 5.61. The Morgan fingerprint density at radius 2 is 1.64 bits per heavy atom. The van der Waals surface area contributed by atoms with E-state index in [1.807, 2.05) is 0 Å². The van der Waals surface area contributed by atoms with Gasteiger partial charge in [0.15, 0.2) is 11.5 Å². The molecular weight excluding hydrogens is 599 g/mol. The quantitative estimate of drug-likeness (QED) is 0.175. The Labute approximate surface area is 252 Å². The van der Waals surface area contributed by atoms with Crippen LogP contribution in [0.5, 0.6) is 11.5 Å². The second kappa shape index (κ2) is 12.1. The molecule has 0 aliphatic rings. The van der Waals surface area contributed by atoms with Crippen LogP contribution in [0.4, 0.5) is 33.5 Å². The number of nitrogen functional groups attached to an aromatic ring is 1. The fraction of sp³-hybridized carbons (Fsp3) is 0.0938. The van der Waals surface area contributed by atoms with Crippen molar-refractivity contribution >= 4 is 17.4 Å². The van der Waals surface area contributed by atoms with Gasteiger partial charge in [-0.05, 0) is 59.7 Å². The number of aromatic hydroxyl groups is 1. The third kappa shape index (κ3) is 6.77. The lowest BCUT2D eigenvalue weighted by Crippen LogP contribution is -2.27. The fourth-order valence-corrected chi connectivity index (χ4v) is 4.64. The van der Waals surface area contributed by atoms with E-state index in [2.05, 4.69) is 10.3 Å². The smallest absolute Gasteiger partial charge is 0.406 e. The molecule has 0 aliphatic carbocycles. The van der Waals surface area contributed by atoms with Crippen LogP contribution in [-0.2, 0) is 6.54 Å². The largest absolute Gasteiger partial charge is 0.504 e. The minimum atomic E-state index is -4.68. The molecule has 13 heteroatoms. The van der Waals surface area contributed by atoms with Crippen LogP contribution in [0.1, 0.15) is 10.4 Å². The zero-order valence-corrected chi connectivity index (χ0v) is 23.3. The number of anilines is 2. The van der Waals surface area contributed by atoms with Crippen molar-refractivity contribution in [3.8, 4) is 44.9 Å². The van der Waals surface area contributed by atoms with Gasteiger partial charge in [0.2, 0.25) is 5.43 Å². The van der Waals surface area contributed by atoms with E-state index in [0.29, 0.717) is 15.7 Å². The molecule has 0 radical (unpaired) electrons. The molecule has 0 atom stereocenters. The molecule has 45 heavy (non-hydrogen) atoms. The van der Waals surface area contributed by atoms with Crippen LogP contribution in [0.25, 0.3) is 33.4 Å². The molecule has 0 saturated heterocycles. The van der Waals surface area contributed by atoms with Gasteiger partial charge in [-0.3, -0.25) is 9.59 Å². The van der Waals surface area contributed by atoms with Gasteiger partial charge >= 0.3 is 6.18 Å². The summed E-state index contributed by atoms with van der Waals surface area (Å²) < 4.78 is 74.2. The molecule has 0 unspecified atom stereocenters. The second-order valence-electron chi connectivity index (χ2n) is 9.90. The van der Waals surface area contributed by atoms with Gasteiger partial charge in [0.25, 0.3) is 5.91 Å². The number of carbonyl (C=O) groups excluding carboxylic acids is 1. The molecule has 0 spiro atoms. The predicted molar refractivity (Wildman–Crippen MR) is 158 cm³/mol. The van der Waals surface area contributed by atoms with Crippen molar-refractivity contribution < 1.29 is 36.6 Å². The first kappa shape index (κ1) is 30.7. The summed E-state index contributed by atoms with van der Waals surface area (Å²) in [6.07, 6.45) is -1.54. The first-order valence-electron chi connectivity index (χ1n) is 13.1. The molecule has 5 rings (SSSR count). The predicted octanol–water partition coefficient (Wildman–Crippen LogP) is 6.63. The zero-order valence-electron chi connectivity index (χ0n) is 23.3. The van der Waals surface area contributed by atoms with Crippen molar-refractivity contribution in [2.24, 2.45) is 0 Å². The van der Waals surface area contributed by atoms with Crippen LogP contribution in [0.2, 0.25) is 0 Å². The average Bonchev–Trinajstić information content (AvgIpc) is 2.98. The molecule has 2 aromatic heterocycles. The van der Waals surface area contributed by atoms with Crippen LogP contribution in [0.3, 0.4) is 0 Å². The normalized spacial score (nSPS) is 11.3. The first-order chi connectivity index (χ1) is 21.3. The van der Waals surface area contributed by atoms with Crippen molar-refractivity contribution in [1.29, 1.82) is 0 Å². The number of alkyl halides is 3. The number of halogens is 5. The maximum atomic E-state index is 15.4. The monoisotopic (exact) mass is 622 g/mol. The van der Waals surface area contributed by atoms with E-state index in [1.165, 1.54) is 43.6 Å². The fourth-order valence-electron chi connectivity index (χ4n) is 4.64. The van der Waals surface area contributed by atoms with Gasteiger partial charge < -0.3 is 25.5 Å². The SMILES string of the molecule is COc1cc(-c2cnc(N)c(-c3ccc(NC(=O)c4cn(CC(F)(F)F)cc(-c5ccc(F)cc5)c4=O)cc3F)c2)ccc1O. The van der Waals surface area contributed by atoms with E-state index < -0.39 is 41.3 Å². The van der Waals surface area contributed by atoms with E-state index in [0.717, 1.165) is 30.6 Å². The van der Waals surface area contributed by atoms with Gasteiger partial charge in [-0.2, -0.15) is 13.2 Å². The van der Waals surface area contributed by atoms with Crippen LogP contribution < -0.4 is 21.2 Å². The topological polar surface area (TPSA) is 119 Å². The summed E-state index contributed by atoms with van der Waals surface area (Å²) >= 11 is 0. The molecule has 3 aromatic carbocycles. The molecule has 0 fully saturated rings. The minimum absolute atomic E-state index is 0.00278. The minimum Gasteiger partial charge on any atom is -0.504 e. The molecule has 4 N–H and O–H groups in total. The van der Waals surface area contributed by atoms with E-state index >= 15 is 4.39 Å². The van der Waals surface area contributed by atoms with Gasteiger partial charge in [0.05, 0.1) is 7.11 Å². The second-order valence-corrected chi connectivity index (χ2v) is 9.90. The molecule has 230 valence electrons. The van der Waals surface area contributed by atoms with Crippen LogP contribution >= 0.6 is 0 Å². The summed E-state index contributed by atoms with van der Waals surface area (Å²) in [6.45, 7) is -1.50. The highest BCUT2D eigenvalue weighted by atomic mass is 19.4. The highest BCUT2D eigenvalue weighted by Gasteiger charge is 2.29. The number of ether oxygens (including phenoxy) is 1. The molecule has 0 aliphatic heterocycles. The maximum Gasteiger partial charge on any atom is 0.406 e. The van der Waals surface area contributed by atoms with Crippen LogP contribution in [-0.4, -0.2) is 33.9 Å². The number of hydrogen-bond acceptors (Lipinski definition) is 6. The number of phenolic OH excluding ortho intramolecular Hbond substituents is 1. The van der Waals surface area contributed by atoms with Crippen molar-refractivity contribution in [2.45, 2.75) is 12.7 Å². The van der Waals surface area contributed by atoms with Gasteiger partial charge in [-0.15, -0.1) is 0 Å². The van der Waals surface area contributed by atoms with Gasteiger partial charge in [0.1, 0.15) is 29.6 Å². The maximum absolute atomic E-state index is 15.4. The third-order valence-electron chi connectivity index (χ3n) is 6.79. The standard InChI is InChI=1S/C32H23F5N4O4/c1-45-28-11-18(4-9-27(28)42)19-10-23(30(38)39-13-19)22-8-7-21(12-26(22)34)40-31(44)25-15-41(16-32(35,36)37)14-24(29(25)43)17-2-5-20(33)6-3-17/h2-15,42H,16H2,1H3,(H2,38,39)(H,40,44). The molecular formula is C32H23F5N4O4. The number of amides is 1. The summed E-state index contributed by atoms with van der Waals surface area (Å²) in [7, 11) is 1.39. The first-order valence-corrected chi connectivity index (χ1v) is 13.1. The van der Waals surface area contributed by atoms with Crippen LogP contribution in [0, 0.1) is 11.6 Å². The number of rotatable bonds is 7. The number of nitrogens with zero attached hydrogens (tertiary/aromatic N) is 2. The highest BCUT2D eigenvalue weighted by Crippen LogP contribution is 2.35. The zero-order chi connectivity index (χ0) is 32.5. The number of pyridine rings is 2. The molecule has 0 saturated carbocycles. The average molecular weight is 623 g/mol. The Balaban J connectivity index is 1.47. The highest BCUT2D eigenvalue weighted by molar-refractivity contribution is 6.04. The Kier molecular flexibility index (Phi) is 8.27. The number of nitrogens with two attached hydrogens (primary N) is 1. The lowest BCUT2D eigenvalue weighted by atomic mass is 10.00. The third-order valence-corrected chi connectivity index (χ3v) is 6.79. The van der Waals surface area contributed by atoms with Crippen LogP contribution in [0.15, 0.2) is 90.1 Å². The number of hydrogen-bond donors (Lipinski definition) is 3. The van der Waals surface area contributed by atoms with E-state index in [9.17, 15) is 32.3 Å². The number of methoxy groups -OCH3 is 1. The number of nitrogens with one attached hydrogen (secondary N) is 1. The van der Waals surface area contributed by atoms with E-state index in [1.54, 1.807) is 18.2 Å². The number of aromatic nitrogens is 2. The Morgan fingerprint density at radius 3 is 2.31 bits per heavy atom. The van der Waals surface area contributed by atoms with Crippen molar-refractivity contribution in [2.75, 3.05) is 18.2 Å². The summed E-state index contributed by atoms with van der Waals surface area (Å²) in [4.78, 5) is 30.5. The Morgan fingerprint density at radius 1 is 0.933 bits per heavy atom. The Bertz CT molecular complexity index is 1980. The van der Waals surface area contributed by atoms with E-state index in [4.69, 9.17) is 10.5 Å². The number of phenols is 1. The molecule has 0 bridgehead atoms. The number of benzene rings is 3. The lowest BCUT2D eigenvalue weighted by Gasteiger charge is -2.15. The van der Waals surface area contributed by atoms with Crippen molar-refractivity contribution in [3.63, 3.8) is 0 Å². The van der Waals surface area contributed by atoms with Gasteiger partial charge in [0, 0.05) is 46.5 Å². The molecule has 5 aromatic rings. The number of carbonyl (C=O) groups is 1. The van der Waals surface area contributed by atoms with Gasteiger partial charge in [-0.25, -0.2) is 13.8 Å². The van der Waals surface area contributed by atoms with Gasteiger partial charge in [-0.1, -0.05) is 18.2 Å². The van der Waals surface area contributed by atoms with Crippen molar-refractivity contribution in [1.82, 2.24) is 9.55 Å². The molecule has 1 amide bonds. The Hall–Kier alpha value is -5.72. The summed E-state index contributed by atoms with van der Waals surface area (Å²) in [5, 5.41) is 12.2. The molecule has 8 nitrogen and oxygen atoms in total. The summed E-state index contributed by atoms with van der Waals surface area (Å²) in [5.74, 6) is -2.39. The van der Waals surface area contributed by atoms with Crippen molar-refractivity contribution in [3.05, 3.63) is 113 Å². The van der Waals surface area contributed by atoms with E-state index in [-0.39, 0.29) is 45.3 Å². The lowest BCUT2D eigenvalue weighted by molar-refractivity contribution is -0.140. The molecule has 2 heterocycles. The summed E-state index contributed by atoms with van der Waals surface area (Å²) in [6, 6.07) is 14.2.